The van der Waals surface area contributed by atoms with Crippen LogP contribution in [0.4, 0.5) is 5.69 Å². The van der Waals surface area contributed by atoms with Crippen LogP contribution in [0.25, 0.3) is 0 Å². The third kappa shape index (κ3) is 4.71. The van der Waals surface area contributed by atoms with Gasteiger partial charge in [0.1, 0.15) is 5.60 Å². The smallest absolute Gasteiger partial charge is 0.256 e. The molecule has 2 aromatic carbocycles. The molecule has 0 atom stereocenters. The summed E-state index contributed by atoms with van der Waals surface area (Å²) in [6.45, 7) is 1.61. The standard InChI is InChI=1S/C22H28N2O2/c1-26-22(14-16-23-17-15-22)21(25)24-20-12-10-19(11-13-20)9-5-8-18-6-3-2-4-7-18/h2-4,6-7,10-13,23H,5,8-9,14-17H2,1H3,(H,24,25). The van der Waals surface area contributed by atoms with Crippen molar-refractivity contribution in [3.63, 3.8) is 0 Å². The van der Waals surface area contributed by atoms with E-state index in [-0.39, 0.29) is 5.91 Å². The highest BCUT2D eigenvalue weighted by molar-refractivity contribution is 5.97. The minimum atomic E-state index is -0.709. The normalized spacial score (nSPS) is 16.2. The number of anilines is 1. The molecule has 4 heteroatoms. The topological polar surface area (TPSA) is 50.4 Å². The summed E-state index contributed by atoms with van der Waals surface area (Å²) in [5.74, 6) is -0.0432. The predicted octanol–water partition coefficient (Wildman–Crippen LogP) is 3.57. The molecule has 1 fully saturated rings. The fraction of sp³-hybridized carbons (Fsp3) is 0.409. The molecule has 2 aromatic rings. The first-order valence-corrected chi connectivity index (χ1v) is 9.42. The van der Waals surface area contributed by atoms with Crippen molar-refractivity contribution in [2.75, 3.05) is 25.5 Å². The molecule has 2 N–H and O–H groups in total. The number of amides is 1. The molecule has 0 aromatic heterocycles. The van der Waals surface area contributed by atoms with Gasteiger partial charge in [0.15, 0.2) is 0 Å². The minimum Gasteiger partial charge on any atom is -0.368 e. The molecule has 3 rings (SSSR count). The zero-order chi connectivity index (χ0) is 18.2. The number of carbonyl (C=O) groups excluding carboxylic acids is 1. The molecule has 1 saturated heterocycles. The monoisotopic (exact) mass is 352 g/mol. The molecule has 0 aliphatic carbocycles. The summed E-state index contributed by atoms with van der Waals surface area (Å²) in [5, 5.41) is 6.29. The molecular weight excluding hydrogens is 324 g/mol. The summed E-state index contributed by atoms with van der Waals surface area (Å²) in [4.78, 5) is 12.7. The number of rotatable bonds is 7. The number of carbonyl (C=O) groups is 1. The van der Waals surface area contributed by atoms with Crippen LogP contribution in [0.1, 0.15) is 30.4 Å². The Hall–Kier alpha value is -2.17. The third-order valence-electron chi connectivity index (χ3n) is 5.20. The third-order valence-corrected chi connectivity index (χ3v) is 5.20. The van der Waals surface area contributed by atoms with E-state index < -0.39 is 5.60 Å². The summed E-state index contributed by atoms with van der Waals surface area (Å²) in [6.07, 6.45) is 4.65. The zero-order valence-corrected chi connectivity index (χ0v) is 15.5. The Morgan fingerprint density at radius 2 is 1.62 bits per heavy atom. The van der Waals surface area contributed by atoms with Gasteiger partial charge < -0.3 is 15.4 Å². The number of ether oxygens (including phenoxy) is 1. The predicted molar refractivity (Wildman–Crippen MR) is 105 cm³/mol. The second kappa shape index (κ2) is 8.97. The van der Waals surface area contributed by atoms with E-state index in [2.05, 4.69) is 47.0 Å². The van der Waals surface area contributed by atoms with E-state index in [1.54, 1.807) is 7.11 Å². The van der Waals surface area contributed by atoms with Crippen molar-refractivity contribution in [1.29, 1.82) is 0 Å². The highest BCUT2D eigenvalue weighted by atomic mass is 16.5. The van der Waals surface area contributed by atoms with Crippen molar-refractivity contribution < 1.29 is 9.53 Å². The second-order valence-electron chi connectivity index (χ2n) is 6.94. The Labute approximate surface area is 156 Å². The molecule has 138 valence electrons. The van der Waals surface area contributed by atoms with Crippen LogP contribution in [0.3, 0.4) is 0 Å². The second-order valence-corrected chi connectivity index (χ2v) is 6.94. The van der Waals surface area contributed by atoms with E-state index >= 15 is 0 Å². The molecule has 1 amide bonds. The first-order chi connectivity index (χ1) is 12.7. The number of aryl methyl sites for hydroxylation is 2. The van der Waals surface area contributed by atoms with Gasteiger partial charge >= 0.3 is 0 Å². The van der Waals surface area contributed by atoms with Crippen LogP contribution in [-0.4, -0.2) is 31.7 Å². The average molecular weight is 352 g/mol. The van der Waals surface area contributed by atoms with Crippen molar-refractivity contribution in [2.45, 2.75) is 37.7 Å². The van der Waals surface area contributed by atoms with E-state index in [4.69, 9.17) is 4.74 Å². The number of nitrogens with one attached hydrogen (secondary N) is 2. The molecule has 1 aliphatic heterocycles. The Kier molecular flexibility index (Phi) is 6.42. The van der Waals surface area contributed by atoms with Crippen LogP contribution in [0.5, 0.6) is 0 Å². The number of piperidine rings is 1. The highest BCUT2D eigenvalue weighted by Gasteiger charge is 2.39. The maximum absolute atomic E-state index is 12.7. The Balaban J connectivity index is 1.51. The van der Waals surface area contributed by atoms with Crippen LogP contribution in [-0.2, 0) is 22.4 Å². The van der Waals surface area contributed by atoms with Crippen molar-refractivity contribution in [3.05, 3.63) is 65.7 Å². The van der Waals surface area contributed by atoms with Gasteiger partial charge in [-0.2, -0.15) is 0 Å². The number of hydrogen-bond acceptors (Lipinski definition) is 3. The lowest BCUT2D eigenvalue weighted by molar-refractivity contribution is -0.140. The van der Waals surface area contributed by atoms with Crippen LogP contribution in [0.15, 0.2) is 54.6 Å². The van der Waals surface area contributed by atoms with E-state index in [9.17, 15) is 4.79 Å². The van der Waals surface area contributed by atoms with Crippen LogP contribution in [0.2, 0.25) is 0 Å². The summed E-state index contributed by atoms with van der Waals surface area (Å²) in [6, 6.07) is 18.7. The Morgan fingerprint density at radius 1 is 1.00 bits per heavy atom. The van der Waals surface area contributed by atoms with E-state index in [0.29, 0.717) is 12.8 Å². The van der Waals surface area contributed by atoms with Crippen LogP contribution in [0, 0.1) is 0 Å². The molecule has 0 saturated carbocycles. The largest absolute Gasteiger partial charge is 0.368 e. The molecule has 1 aliphatic rings. The van der Waals surface area contributed by atoms with Gasteiger partial charge in [-0.15, -0.1) is 0 Å². The lowest BCUT2D eigenvalue weighted by Gasteiger charge is -2.34. The van der Waals surface area contributed by atoms with Gasteiger partial charge in [0.05, 0.1) is 0 Å². The fourth-order valence-electron chi connectivity index (χ4n) is 3.50. The van der Waals surface area contributed by atoms with Crippen molar-refractivity contribution in [3.8, 4) is 0 Å². The maximum Gasteiger partial charge on any atom is 0.256 e. The molecule has 0 unspecified atom stereocenters. The first kappa shape index (κ1) is 18.6. The molecule has 1 heterocycles. The van der Waals surface area contributed by atoms with Gasteiger partial charge in [-0.1, -0.05) is 42.5 Å². The number of hydrogen-bond donors (Lipinski definition) is 2. The summed E-state index contributed by atoms with van der Waals surface area (Å²) in [5.41, 5.74) is 2.79. The van der Waals surface area contributed by atoms with Gasteiger partial charge in [-0.3, -0.25) is 4.79 Å². The maximum atomic E-state index is 12.7. The van der Waals surface area contributed by atoms with Gasteiger partial charge in [0, 0.05) is 12.8 Å². The molecule has 4 nitrogen and oxygen atoms in total. The molecule has 26 heavy (non-hydrogen) atoms. The summed E-state index contributed by atoms with van der Waals surface area (Å²) >= 11 is 0. The molecule has 0 spiro atoms. The first-order valence-electron chi connectivity index (χ1n) is 9.42. The van der Waals surface area contributed by atoms with E-state index in [1.165, 1.54) is 11.1 Å². The molecule has 0 radical (unpaired) electrons. The van der Waals surface area contributed by atoms with Crippen molar-refractivity contribution in [1.82, 2.24) is 5.32 Å². The SMILES string of the molecule is COC1(C(=O)Nc2ccc(CCCc3ccccc3)cc2)CCNCC1. The number of benzene rings is 2. The summed E-state index contributed by atoms with van der Waals surface area (Å²) < 4.78 is 5.58. The summed E-state index contributed by atoms with van der Waals surface area (Å²) in [7, 11) is 1.63. The van der Waals surface area contributed by atoms with Crippen molar-refractivity contribution in [2.24, 2.45) is 0 Å². The van der Waals surface area contributed by atoms with Gasteiger partial charge in [0.2, 0.25) is 0 Å². The average Bonchev–Trinajstić information content (AvgIpc) is 2.70. The Morgan fingerprint density at radius 3 is 2.23 bits per heavy atom. The molecule has 0 bridgehead atoms. The lowest BCUT2D eigenvalue weighted by Crippen LogP contribution is -2.51. The quantitative estimate of drug-likeness (QED) is 0.801. The number of methoxy groups -OCH3 is 1. The minimum absolute atomic E-state index is 0.0432. The van der Waals surface area contributed by atoms with Gasteiger partial charge in [-0.05, 0) is 68.5 Å². The van der Waals surface area contributed by atoms with Crippen molar-refractivity contribution >= 4 is 11.6 Å². The zero-order valence-electron chi connectivity index (χ0n) is 15.5. The van der Waals surface area contributed by atoms with Gasteiger partial charge in [-0.25, -0.2) is 0 Å². The lowest BCUT2D eigenvalue weighted by atomic mass is 9.91. The van der Waals surface area contributed by atoms with E-state index in [1.807, 2.05) is 18.2 Å². The highest BCUT2D eigenvalue weighted by Crippen LogP contribution is 2.24. The van der Waals surface area contributed by atoms with E-state index in [0.717, 1.165) is 38.0 Å². The molecular formula is C22H28N2O2. The van der Waals surface area contributed by atoms with Crippen LogP contribution >= 0.6 is 0 Å². The van der Waals surface area contributed by atoms with Crippen LogP contribution < -0.4 is 10.6 Å². The fourth-order valence-corrected chi connectivity index (χ4v) is 3.50. The Bertz CT molecular complexity index is 692. The van der Waals surface area contributed by atoms with Gasteiger partial charge in [0.25, 0.3) is 5.91 Å².